The first kappa shape index (κ1) is 18.4. The van der Waals surface area contributed by atoms with Crippen LogP contribution in [0.3, 0.4) is 0 Å². The Morgan fingerprint density at radius 2 is 2.00 bits per heavy atom. The van der Waals surface area contributed by atoms with Crippen LogP contribution in [0.4, 0.5) is 0 Å². The molecule has 1 amide bonds. The summed E-state index contributed by atoms with van der Waals surface area (Å²) in [6, 6.07) is 9.05. The molecule has 5 nitrogen and oxygen atoms in total. The van der Waals surface area contributed by atoms with E-state index in [0.717, 1.165) is 58.8 Å². The Balaban J connectivity index is 1.51. The van der Waals surface area contributed by atoms with Gasteiger partial charge in [-0.3, -0.25) is 14.6 Å². The number of nitrogens with one attached hydrogen (secondary N) is 1. The standard InChI is InChI=1S/C20H32N4O/c1-17-6-3-4-7-19(17)15-22-9-5-10-23(13-12-22)20(25)16-24-11-8-21-14-18(24)2/h3-4,6-7,18,21H,5,8-16H2,1-2H3/t18-/m0/s1. The molecule has 0 unspecified atom stereocenters. The number of carbonyl (C=O) groups excluding carboxylic acids is 1. The second-order valence-corrected chi connectivity index (χ2v) is 7.46. The first-order valence-electron chi connectivity index (χ1n) is 9.63. The maximum absolute atomic E-state index is 12.7. The van der Waals surface area contributed by atoms with Gasteiger partial charge in [-0.15, -0.1) is 0 Å². The maximum Gasteiger partial charge on any atom is 0.236 e. The van der Waals surface area contributed by atoms with Gasteiger partial charge in [-0.25, -0.2) is 0 Å². The van der Waals surface area contributed by atoms with Crippen molar-refractivity contribution in [1.29, 1.82) is 0 Å². The summed E-state index contributed by atoms with van der Waals surface area (Å²) < 4.78 is 0. The molecule has 0 saturated carbocycles. The summed E-state index contributed by atoms with van der Waals surface area (Å²) in [5.41, 5.74) is 2.75. The van der Waals surface area contributed by atoms with E-state index < -0.39 is 0 Å². The highest BCUT2D eigenvalue weighted by Crippen LogP contribution is 2.13. The summed E-state index contributed by atoms with van der Waals surface area (Å²) in [7, 11) is 0. The quantitative estimate of drug-likeness (QED) is 0.894. The number of benzene rings is 1. The SMILES string of the molecule is Cc1ccccc1CN1CCCN(C(=O)CN2CCNC[C@@H]2C)CC1. The summed E-state index contributed by atoms with van der Waals surface area (Å²) in [4.78, 5) is 19.6. The Labute approximate surface area is 152 Å². The summed E-state index contributed by atoms with van der Waals surface area (Å²) >= 11 is 0. The molecule has 1 aromatic carbocycles. The number of rotatable bonds is 4. The van der Waals surface area contributed by atoms with Crippen molar-refractivity contribution >= 4 is 5.91 Å². The number of aryl methyl sites for hydroxylation is 1. The molecule has 0 aliphatic carbocycles. The van der Waals surface area contributed by atoms with Gasteiger partial charge in [0.2, 0.25) is 5.91 Å². The van der Waals surface area contributed by atoms with Gasteiger partial charge in [0, 0.05) is 58.4 Å². The first-order valence-corrected chi connectivity index (χ1v) is 9.63. The van der Waals surface area contributed by atoms with E-state index in [2.05, 4.69) is 58.1 Å². The van der Waals surface area contributed by atoms with Gasteiger partial charge < -0.3 is 10.2 Å². The van der Waals surface area contributed by atoms with E-state index in [1.165, 1.54) is 11.1 Å². The van der Waals surface area contributed by atoms with Gasteiger partial charge in [0.05, 0.1) is 6.54 Å². The van der Waals surface area contributed by atoms with Crippen molar-refractivity contribution in [2.24, 2.45) is 0 Å². The van der Waals surface area contributed by atoms with Crippen molar-refractivity contribution in [3.05, 3.63) is 35.4 Å². The fraction of sp³-hybridized carbons (Fsp3) is 0.650. The average molecular weight is 345 g/mol. The zero-order chi connectivity index (χ0) is 17.6. The molecular weight excluding hydrogens is 312 g/mol. The molecule has 2 aliphatic heterocycles. The Bertz CT molecular complexity index is 577. The van der Waals surface area contributed by atoms with Crippen molar-refractivity contribution in [2.45, 2.75) is 32.9 Å². The minimum atomic E-state index is 0.298. The third kappa shape index (κ3) is 5.03. The van der Waals surface area contributed by atoms with Crippen molar-refractivity contribution < 1.29 is 4.79 Å². The smallest absolute Gasteiger partial charge is 0.236 e. The Hall–Kier alpha value is -1.43. The molecule has 1 aromatic rings. The van der Waals surface area contributed by atoms with Crippen LogP contribution >= 0.6 is 0 Å². The van der Waals surface area contributed by atoms with Crippen molar-refractivity contribution in [3.63, 3.8) is 0 Å². The first-order chi connectivity index (χ1) is 12.1. The number of nitrogens with zero attached hydrogens (tertiary/aromatic N) is 3. The minimum Gasteiger partial charge on any atom is -0.340 e. The predicted octanol–water partition coefficient (Wildman–Crippen LogP) is 1.32. The zero-order valence-corrected chi connectivity index (χ0v) is 15.7. The Kier molecular flexibility index (Phi) is 6.45. The second-order valence-electron chi connectivity index (χ2n) is 7.46. The Morgan fingerprint density at radius 1 is 1.16 bits per heavy atom. The van der Waals surface area contributed by atoms with E-state index in [1.807, 2.05) is 0 Å². The van der Waals surface area contributed by atoms with Crippen LogP contribution in [0.25, 0.3) is 0 Å². The van der Waals surface area contributed by atoms with Crippen LogP contribution in [0.2, 0.25) is 0 Å². The van der Waals surface area contributed by atoms with Crippen LogP contribution in [-0.4, -0.2) is 79.0 Å². The third-order valence-corrected chi connectivity index (χ3v) is 5.57. The van der Waals surface area contributed by atoms with Crippen LogP contribution in [0.1, 0.15) is 24.5 Å². The zero-order valence-electron chi connectivity index (χ0n) is 15.7. The van der Waals surface area contributed by atoms with Crippen LogP contribution < -0.4 is 5.32 Å². The summed E-state index contributed by atoms with van der Waals surface area (Å²) in [6.07, 6.45) is 1.06. The molecule has 2 heterocycles. The number of amides is 1. The minimum absolute atomic E-state index is 0.298. The number of piperazine rings is 1. The van der Waals surface area contributed by atoms with Crippen molar-refractivity contribution in [1.82, 2.24) is 20.0 Å². The number of hydrogen-bond donors (Lipinski definition) is 1. The molecule has 1 atom stereocenters. The average Bonchev–Trinajstić information content (AvgIpc) is 2.85. The molecule has 25 heavy (non-hydrogen) atoms. The van der Waals surface area contributed by atoms with E-state index in [9.17, 15) is 4.79 Å². The highest BCUT2D eigenvalue weighted by Gasteiger charge is 2.24. The summed E-state index contributed by atoms with van der Waals surface area (Å²) in [6.45, 7) is 12.7. The fourth-order valence-electron chi connectivity index (χ4n) is 3.80. The molecular formula is C20H32N4O. The Morgan fingerprint density at radius 3 is 2.80 bits per heavy atom. The van der Waals surface area contributed by atoms with Gasteiger partial charge in [0.1, 0.15) is 0 Å². The fourth-order valence-corrected chi connectivity index (χ4v) is 3.80. The van der Waals surface area contributed by atoms with E-state index in [1.54, 1.807) is 0 Å². The van der Waals surface area contributed by atoms with E-state index in [0.29, 0.717) is 18.5 Å². The molecule has 0 radical (unpaired) electrons. The van der Waals surface area contributed by atoms with E-state index in [-0.39, 0.29) is 0 Å². The van der Waals surface area contributed by atoms with E-state index >= 15 is 0 Å². The topological polar surface area (TPSA) is 38.8 Å². The van der Waals surface area contributed by atoms with Crippen molar-refractivity contribution in [2.75, 3.05) is 52.4 Å². The lowest BCUT2D eigenvalue weighted by Gasteiger charge is -2.34. The van der Waals surface area contributed by atoms with Crippen LogP contribution in [0.15, 0.2) is 24.3 Å². The van der Waals surface area contributed by atoms with Gasteiger partial charge in [-0.05, 0) is 31.4 Å². The lowest BCUT2D eigenvalue weighted by atomic mass is 10.1. The van der Waals surface area contributed by atoms with Crippen LogP contribution in [0, 0.1) is 6.92 Å². The highest BCUT2D eigenvalue weighted by atomic mass is 16.2. The van der Waals surface area contributed by atoms with Gasteiger partial charge >= 0.3 is 0 Å². The molecule has 138 valence electrons. The molecule has 2 saturated heterocycles. The third-order valence-electron chi connectivity index (χ3n) is 5.57. The lowest BCUT2D eigenvalue weighted by Crippen LogP contribution is -2.53. The number of hydrogen-bond acceptors (Lipinski definition) is 4. The van der Waals surface area contributed by atoms with E-state index in [4.69, 9.17) is 0 Å². The largest absolute Gasteiger partial charge is 0.340 e. The molecule has 0 aromatic heterocycles. The molecule has 0 spiro atoms. The molecule has 5 heteroatoms. The monoisotopic (exact) mass is 344 g/mol. The van der Waals surface area contributed by atoms with Crippen LogP contribution in [0.5, 0.6) is 0 Å². The lowest BCUT2D eigenvalue weighted by molar-refractivity contribution is -0.133. The predicted molar refractivity (Wildman–Crippen MR) is 102 cm³/mol. The van der Waals surface area contributed by atoms with Gasteiger partial charge in [0.25, 0.3) is 0 Å². The molecule has 2 aliphatic rings. The highest BCUT2D eigenvalue weighted by molar-refractivity contribution is 5.78. The van der Waals surface area contributed by atoms with Gasteiger partial charge in [-0.2, -0.15) is 0 Å². The number of carbonyl (C=O) groups is 1. The molecule has 1 N–H and O–H groups in total. The summed E-state index contributed by atoms with van der Waals surface area (Å²) in [5.74, 6) is 0.298. The van der Waals surface area contributed by atoms with Crippen LogP contribution in [-0.2, 0) is 11.3 Å². The molecule has 3 rings (SSSR count). The molecule has 2 fully saturated rings. The van der Waals surface area contributed by atoms with Crippen molar-refractivity contribution in [3.8, 4) is 0 Å². The second kappa shape index (κ2) is 8.79. The molecule has 0 bridgehead atoms. The van der Waals surface area contributed by atoms with Gasteiger partial charge in [-0.1, -0.05) is 24.3 Å². The van der Waals surface area contributed by atoms with Gasteiger partial charge in [0.15, 0.2) is 0 Å². The summed E-state index contributed by atoms with van der Waals surface area (Å²) in [5, 5.41) is 3.39. The normalized spacial score (nSPS) is 23.4. The maximum atomic E-state index is 12.7.